The minimum Gasteiger partial charge on any atom is -0.486 e. The highest BCUT2D eigenvalue weighted by molar-refractivity contribution is 5.96. The van der Waals surface area contributed by atoms with Gasteiger partial charge in [0.1, 0.15) is 18.0 Å². The van der Waals surface area contributed by atoms with Crippen LogP contribution in [-0.4, -0.2) is 34.9 Å². The monoisotopic (exact) mass is 409 g/mol. The number of carbonyl (C=O) groups excluding carboxylic acids is 2. The van der Waals surface area contributed by atoms with E-state index in [-0.39, 0.29) is 18.5 Å². The van der Waals surface area contributed by atoms with E-state index in [4.69, 9.17) is 4.74 Å². The molecule has 2 aromatic heterocycles. The zero-order chi connectivity index (χ0) is 21.3. The molecule has 0 spiro atoms. The van der Waals surface area contributed by atoms with E-state index >= 15 is 0 Å². The number of methoxy groups -OCH3 is 1. The zero-order valence-corrected chi connectivity index (χ0v) is 17.4. The summed E-state index contributed by atoms with van der Waals surface area (Å²) in [5, 5.41) is 2.91. The fourth-order valence-corrected chi connectivity index (χ4v) is 3.18. The lowest BCUT2D eigenvalue weighted by Crippen LogP contribution is -2.25. The second-order valence-corrected chi connectivity index (χ2v) is 7.08. The van der Waals surface area contributed by atoms with Gasteiger partial charge in [-0.25, -0.2) is 4.98 Å². The minimum absolute atomic E-state index is 0.176. The Morgan fingerprint density at radius 3 is 2.73 bits per heavy atom. The highest BCUT2D eigenvalue weighted by Crippen LogP contribution is 2.20. The molecule has 3 aromatic rings. The van der Waals surface area contributed by atoms with E-state index in [9.17, 15) is 9.59 Å². The number of pyridine rings is 1. The number of fused-ring (bicyclic) bond motifs is 1. The van der Waals surface area contributed by atoms with Crippen LogP contribution in [0.15, 0.2) is 48.8 Å². The largest absolute Gasteiger partial charge is 0.486 e. The molecule has 0 aliphatic heterocycles. The Kier molecular flexibility index (Phi) is 7.43. The molecule has 0 fully saturated rings. The van der Waals surface area contributed by atoms with E-state index < -0.39 is 0 Å². The van der Waals surface area contributed by atoms with Gasteiger partial charge < -0.3 is 19.2 Å². The summed E-state index contributed by atoms with van der Waals surface area (Å²) in [4.78, 5) is 28.3. The Morgan fingerprint density at radius 2 is 1.93 bits per heavy atom. The molecule has 2 heterocycles. The zero-order valence-electron chi connectivity index (χ0n) is 17.4. The van der Waals surface area contributed by atoms with Gasteiger partial charge in [-0.05, 0) is 43.5 Å². The van der Waals surface area contributed by atoms with Crippen LogP contribution in [0.3, 0.4) is 0 Å². The van der Waals surface area contributed by atoms with E-state index in [0.29, 0.717) is 24.3 Å². The number of carbonyl (C=O) groups is 2. The summed E-state index contributed by atoms with van der Waals surface area (Å²) in [5.74, 6) is 0.143. The number of amides is 1. The molecule has 7 nitrogen and oxygen atoms in total. The number of esters is 1. The van der Waals surface area contributed by atoms with Crippen LogP contribution in [0.1, 0.15) is 47.3 Å². The van der Waals surface area contributed by atoms with Crippen LogP contribution in [-0.2, 0) is 16.1 Å². The van der Waals surface area contributed by atoms with Crippen LogP contribution in [0.2, 0.25) is 0 Å². The fourth-order valence-electron chi connectivity index (χ4n) is 3.18. The average Bonchev–Trinajstić information content (AvgIpc) is 3.19. The number of aromatic nitrogens is 2. The lowest BCUT2D eigenvalue weighted by molar-refractivity contribution is -0.140. The molecule has 0 aliphatic carbocycles. The average molecular weight is 409 g/mol. The number of rotatable bonds is 10. The summed E-state index contributed by atoms with van der Waals surface area (Å²) >= 11 is 0. The second kappa shape index (κ2) is 10.4. The molecule has 30 heavy (non-hydrogen) atoms. The summed E-state index contributed by atoms with van der Waals surface area (Å²) in [7, 11) is 1.39. The summed E-state index contributed by atoms with van der Waals surface area (Å²) in [6, 6.07) is 11.2. The molecule has 7 heteroatoms. The molecule has 0 unspecified atom stereocenters. The smallest absolute Gasteiger partial charge is 0.305 e. The first-order valence-electron chi connectivity index (χ1n) is 10.1. The molecule has 158 valence electrons. The third-order valence-corrected chi connectivity index (χ3v) is 4.81. The predicted molar refractivity (Wildman–Crippen MR) is 114 cm³/mol. The number of nitrogens with one attached hydrogen (secondary N) is 1. The van der Waals surface area contributed by atoms with Crippen molar-refractivity contribution in [1.29, 1.82) is 0 Å². The van der Waals surface area contributed by atoms with Crippen molar-refractivity contribution in [2.45, 2.75) is 39.2 Å². The molecule has 3 rings (SSSR count). The van der Waals surface area contributed by atoms with Gasteiger partial charge in [-0.2, -0.15) is 0 Å². The number of nitrogens with zero attached hydrogens (tertiary/aromatic N) is 2. The van der Waals surface area contributed by atoms with Gasteiger partial charge in [0, 0.05) is 25.4 Å². The highest BCUT2D eigenvalue weighted by atomic mass is 16.5. The Balaban J connectivity index is 1.52. The first-order chi connectivity index (χ1) is 14.6. The molecule has 0 saturated carbocycles. The summed E-state index contributed by atoms with van der Waals surface area (Å²) in [6.45, 7) is 2.83. The van der Waals surface area contributed by atoms with E-state index in [1.54, 1.807) is 12.1 Å². The van der Waals surface area contributed by atoms with Gasteiger partial charge in [0.2, 0.25) is 0 Å². The molecular formula is C23H27N3O4. The van der Waals surface area contributed by atoms with Crippen molar-refractivity contribution in [2.24, 2.45) is 0 Å². The van der Waals surface area contributed by atoms with Gasteiger partial charge in [-0.3, -0.25) is 9.59 Å². The number of ether oxygens (including phenoxy) is 2. The summed E-state index contributed by atoms with van der Waals surface area (Å²) in [5.41, 5.74) is 3.28. The molecule has 1 aromatic carbocycles. The van der Waals surface area contributed by atoms with Crippen LogP contribution in [0.25, 0.3) is 5.65 Å². The second-order valence-electron chi connectivity index (χ2n) is 7.08. The van der Waals surface area contributed by atoms with Gasteiger partial charge in [-0.1, -0.05) is 24.6 Å². The number of aryl methyl sites for hydroxylation is 1. The van der Waals surface area contributed by atoms with E-state index in [1.165, 1.54) is 7.11 Å². The summed E-state index contributed by atoms with van der Waals surface area (Å²) < 4.78 is 12.5. The Bertz CT molecular complexity index is 1010. The molecule has 0 atom stereocenters. The molecule has 0 radical (unpaired) electrons. The summed E-state index contributed by atoms with van der Waals surface area (Å²) in [6.07, 6.45) is 6.68. The Hall–Kier alpha value is -3.35. The van der Waals surface area contributed by atoms with Crippen molar-refractivity contribution >= 4 is 17.5 Å². The Labute approximate surface area is 176 Å². The normalized spacial score (nSPS) is 10.7. The number of para-hydroxylation sites is 1. The molecule has 0 aliphatic rings. The van der Waals surface area contributed by atoms with Crippen molar-refractivity contribution < 1.29 is 19.1 Å². The van der Waals surface area contributed by atoms with Crippen molar-refractivity contribution in [3.05, 3.63) is 65.6 Å². The van der Waals surface area contributed by atoms with Gasteiger partial charge in [0.05, 0.1) is 18.4 Å². The molecule has 0 saturated heterocycles. The lowest BCUT2D eigenvalue weighted by atomic mass is 10.1. The molecule has 1 N–H and O–H groups in total. The minimum atomic E-state index is -0.203. The first kappa shape index (κ1) is 21.4. The van der Waals surface area contributed by atoms with Crippen molar-refractivity contribution in [1.82, 2.24) is 14.7 Å². The van der Waals surface area contributed by atoms with E-state index in [0.717, 1.165) is 36.2 Å². The van der Waals surface area contributed by atoms with Gasteiger partial charge >= 0.3 is 5.97 Å². The predicted octanol–water partition coefficient (Wildman–Crippen LogP) is 3.68. The number of unbranched alkanes of at least 4 members (excludes halogenated alkanes) is 2. The fraction of sp³-hybridized carbons (Fsp3) is 0.348. The number of hydrogen-bond donors (Lipinski definition) is 1. The topological polar surface area (TPSA) is 81.9 Å². The maximum Gasteiger partial charge on any atom is 0.305 e. The third-order valence-electron chi connectivity index (χ3n) is 4.81. The first-order valence-corrected chi connectivity index (χ1v) is 10.1. The lowest BCUT2D eigenvalue weighted by Gasteiger charge is -2.11. The van der Waals surface area contributed by atoms with Crippen LogP contribution in [0, 0.1) is 6.92 Å². The van der Waals surface area contributed by atoms with Gasteiger partial charge in [0.25, 0.3) is 5.91 Å². The van der Waals surface area contributed by atoms with Crippen LogP contribution >= 0.6 is 0 Å². The maximum atomic E-state index is 12.6. The van der Waals surface area contributed by atoms with E-state index in [2.05, 4.69) is 15.0 Å². The van der Waals surface area contributed by atoms with Crippen molar-refractivity contribution in [2.75, 3.05) is 13.7 Å². The number of benzene rings is 1. The van der Waals surface area contributed by atoms with Crippen LogP contribution in [0.5, 0.6) is 5.75 Å². The SMILES string of the molecule is COC(=O)CCCCCNC(=O)c1ccccc1OCc1cn2cccc(C)c2n1. The maximum absolute atomic E-state index is 12.6. The van der Waals surface area contributed by atoms with Gasteiger partial charge in [-0.15, -0.1) is 0 Å². The molecule has 1 amide bonds. The number of hydrogen-bond acceptors (Lipinski definition) is 5. The van der Waals surface area contributed by atoms with Crippen LogP contribution in [0.4, 0.5) is 0 Å². The van der Waals surface area contributed by atoms with Crippen LogP contribution < -0.4 is 10.1 Å². The number of imidazole rings is 1. The highest BCUT2D eigenvalue weighted by Gasteiger charge is 2.13. The van der Waals surface area contributed by atoms with Gasteiger partial charge in [0.15, 0.2) is 0 Å². The van der Waals surface area contributed by atoms with Crippen molar-refractivity contribution in [3.63, 3.8) is 0 Å². The van der Waals surface area contributed by atoms with Crippen molar-refractivity contribution in [3.8, 4) is 5.75 Å². The quantitative estimate of drug-likeness (QED) is 0.408. The van der Waals surface area contributed by atoms with E-state index in [1.807, 2.05) is 48.0 Å². The molecule has 0 bridgehead atoms. The molecular weight excluding hydrogens is 382 g/mol. The third kappa shape index (κ3) is 5.59. The Morgan fingerprint density at radius 1 is 1.10 bits per heavy atom. The standard InChI is InChI=1S/C23H27N3O4/c1-17-9-8-14-26-15-18(25-22(17)26)16-30-20-11-6-5-10-19(20)23(28)24-13-7-3-4-12-21(27)29-2/h5-6,8-11,14-15H,3-4,7,12-13,16H2,1-2H3,(H,24,28).